The third kappa shape index (κ3) is 3.03. The first-order valence-electron chi connectivity index (χ1n) is 5.69. The number of carbonyl (C=O) groups is 1. The van der Waals surface area contributed by atoms with E-state index in [9.17, 15) is 4.79 Å². The van der Waals surface area contributed by atoms with E-state index in [4.69, 9.17) is 11.6 Å². The number of rotatable bonds is 4. The van der Waals surface area contributed by atoms with Gasteiger partial charge in [-0.1, -0.05) is 11.6 Å². The maximum absolute atomic E-state index is 12.3. The molecule has 0 fully saturated rings. The van der Waals surface area contributed by atoms with Gasteiger partial charge in [0.25, 0.3) is 5.91 Å². The largest absolute Gasteiger partial charge is 0.373 e. The number of hydrogen-bond acceptors (Lipinski definition) is 4. The second-order valence-corrected chi connectivity index (χ2v) is 4.40. The molecule has 0 aliphatic rings. The molecule has 0 aliphatic carbocycles. The number of imidazole rings is 1. The van der Waals surface area contributed by atoms with Gasteiger partial charge in [-0.25, -0.2) is 9.97 Å². The molecule has 0 saturated carbocycles. The average molecular weight is 280 g/mol. The van der Waals surface area contributed by atoms with Crippen LogP contribution < -0.4 is 5.32 Å². The Hall–Kier alpha value is -2.08. The summed E-state index contributed by atoms with van der Waals surface area (Å²) in [4.78, 5) is 24.9. The van der Waals surface area contributed by atoms with Crippen molar-refractivity contribution in [3.05, 3.63) is 41.1 Å². The molecule has 0 atom stereocenters. The second kappa shape index (κ2) is 5.71. The van der Waals surface area contributed by atoms with Crippen LogP contribution in [0.3, 0.4) is 0 Å². The molecule has 0 aliphatic heterocycles. The molecule has 7 heteroatoms. The molecule has 6 nitrogen and oxygen atoms in total. The van der Waals surface area contributed by atoms with E-state index in [1.807, 2.05) is 0 Å². The summed E-state index contributed by atoms with van der Waals surface area (Å²) in [5.74, 6) is 1.13. The summed E-state index contributed by atoms with van der Waals surface area (Å²) in [6.45, 7) is 0.388. The highest BCUT2D eigenvalue weighted by atomic mass is 35.5. The number of nitrogens with zero attached hydrogens (tertiary/aromatic N) is 3. The average Bonchev–Trinajstić information content (AvgIpc) is 2.91. The molecule has 0 spiro atoms. The Bertz CT molecular complexity index is 570. The molecule has 2 N–H and O–H groups in total. The molecule has 2 aromatic rings. The number of carbonyl (C=O) groups excluding carboxylic acids is 1. The van der Waals surface area contributed by atoms with Crippen LogP contribution in [0.15, 0.2) is 24.7 Å². The van der Waals surface area contributed by atoms with Crippen molar-refractivity contribution in [1.29, 1.82) is 0 Å². The van der Waals surface area contributed by atoms with Gasteiger partial charge in [-0.2, -0.15) is 0 Å². The summed E-state index contributed by atoms with van der Waals surface area (Å²) in [7, 11) is 3.43. The predicted octanol–water partition coefficient (Wildman–Crippen LogP) is 1.77. The van der Waals surface area contributed by atoms with E-state index in [0.717, 1.165) is 5.82 Å². The molecule has 0 unspecified atom stereocenters. The van der Waals surface area contributed by atoms with Gasteiger partial charge < -0.3 is 15.2 Å². The lowest BCUT2D eigenvalue weighted by molar-refractivity contribution is 0.0782. The van der Waals surface area contributed by atoms with Crippen molar-refractivity contribution in [2.45, 2.75) is 6.54 Å². The Morgan fingerprint density at radius 3 is 2.95 bits per heavy atom. The Labute approximate surface area is 115 Å². The Morgan fingerprint density at radius 1 is 1.53 bits per heavy atom. The highest BCUT2D eigenvalue weighted by molar-refractivity contribution is 6.33. The van der Waals surface area contributed by atoms with Gasteiger partial charge in [0.1, 0.15) is 11.6 Å². The van der Waals surface area contributed by atoms with Gasteiger partial charge in [0.15, 0.2) is 0 Å². The van der Waals surface area contributed by atoms with Gasteiger partial charge in [-0.15, -0.1) is 0 Å². The SMILES string of the molecule is CNc1cc(C(=O)N(C)Cc2ncc[nH]2)c(Cl)cn1. The quantitative estimate of drug-likeness (QED) is 0.894. The number of aromatic amines is 1. The van der Waals surface area contributed by atoms with Gasteiger partial charge in [-0.05, 0) is 6.07 Å². The first-order valence-corrected chi connectivity index (χ1v) is 6.06. The summed E-state index contributed by atoms with van der Waals surface area (Å²) in [6, 6.07) is 1.63. The van der Waals surface area contributed by atoms with Crippen molar-refractivity contribution >= 4 is 23.3 Å². The topological polar surface area (TPSA) is 73.9 Å². The highest BCUT2D eigenvalue weighted by Gasteiger charge is 2.17. The molecule has 2 aromatic heterocycles. The molecule has 0 aromatic carbocycles. The van der Waals surface area contributed by atoms with Crippen LogP contribution in [0.1, 0.15) is 16.2 Å². The molecule has 0 radical (unpaired) electrons. The molecular weight excluding hydrogens is 266 g/mol. The normalized spacial score (nSPS) is 10.3. The minimum Gasteiger partial charge on any atom is -0.373 e. The number of anilines is 1. The monoisotopic (exact) mass is 279 g/mol. The van der Waals surface area contributed by atoms with Crippen LogP contribution in [-0.4, -0.2) is 39.9 Å². The van der Waals surface area contributed by atoms with Crippen molar-refractivity contribution in [3.63, 3.8) is 0 Å². The minimum atomic E-state index is -0.180. The Balaban J connectivity index is 2.18. The fourth-order valence-corrected chi connectivity index (χ4v) is 1.81. The first kappa shape index (κ1) is 13.4. The number of halogens is 1. The zero-order chi connectivity index (χ0) is 13.8. The number of hydrogen-bond donors (Lipinski definition) is 2. The van der Waals surface area contributed by atoms with Crippen LogP contribution in [0, 0.1) is 0 Å². The van der Waals surface area contributed by atoms with Gasteiger partial charge in [0.2, 0.25) is 0 Å². The third-order valence-corrected chi connectivity index (χ3v) is 2.93. The summed E-state index contributed by atoms with van der Waals surface area (Å²) < 4.78 is 0. The maximum atomic E-state index is 12.3. The predicted molar refractivity (Wildman–Crippen MR) is 73.2 cm³/mol. The molecule has 0 saturated heterocycles. The van der Waals surface area contributed by atoms with Crippen LogP contribution in [0.5, 0.6) is 0 Å². The molecule has 2 rings (SSSR count). The van der Waals surface area contributed by atoms with Crippen LogP contribution in [0.2, 0.25) is 5.02 Å². The smallest absolute Gasteiger partial charge is 0.255 e. The number of aromatic nitrogens is 3. The summed E-state index contributed by atoms with van der Waals surface area (Å²) in [6.07, 6.45) is 4.82. The van der Waals surface area contributed by atoms with E-state index in [0.29, 0.717) is 22.9 Å². The number of pyridine rings is 1. The number of amides is 1. The van der Waals surface area contributed by atoms with Gasteiger partial charge in [0.05, 0.1) is 17.1 Å². The van der Waals surface area contributed by atoms with Crippen LogP contribution in [0.25, 0.3) is 0 Å². The molecule has 2 heterocycles. The maximum Gasteiger partial charge on any atom is 0.255 e. The second-order valence-electron chi connectivity index (χ2n) is 4.00. The minimum absolute atomic E-state index is 0.180. The lowest BCUT2D eigenvalue weighted by Gasteiger charge is -2.17. The Kier molecular flexibility index (Phi) is 4.01. The fraction of sp³-hybridized carbons (Fsp3) is 0.250. The Morgan fingerprint density at radius 2 is 2.32 bits per heavy atom. The van der Waals surface area contributed by atoms with Crippen molar-refractivity contribution in [1.82, 2.24) is 19.9 Å². The first-order chi connectivity index (χ1) is 9.11. The standard InChI is InChI=1S/C12H14ClN5O/c1-14-10-5-8(9(13)6-17-10)12(19)18(2)7-11-15-3-4-16-11/h3-6H,7H2,1-2H3,(H,14,17)(H,15,16). The van der Waals surface area contributed by atoms with Crippen molar-refractivity contribution in [2.24, 2.45) is 0 Å². The van der Waals surface area contributed by atoms with E-state index in [1.54, 1.807) is 37.5 Å². The van der Waals surface area contributed by atoms with E-state index < -0.39 is 0 Å². The van der Waals surface area contributed by atoms with Crippen LogP contribution in [-0.2, 0) is 6.54 Å². The highest BCUT2D eigenvalue weighted by Crippen LogP contribution is 2.19. The number of H-pyrrole nitrogens is 1. The van der Waals surface area contributed by atoms with E-state index in [2.05, 4.69) is 20.3 Å². The molecule has 100 valence electrons. The van der Waals surface area contributed by atoms with Gasteiger partial charge in [-0.3, -0.25) is 4.79 Å². The van der Waals surface area contributed by atoms with E-state index >= 15 is 0 Å². The zero-order valence-electron chi connectivity index (χ0n) is 10.6. The molecular formula is C12H14ClN5O. The van der Waals surface area contributed by atoms with Crippen molar-refractivity contribution in [3.8, 4) is 0 Å². The number of nitrogens with one attached hydrogen (secondary N) is 2. The third-order valence-electron chi connectivity index (χ3n) is 2.63. The summed E-state index contributed by atoms with van der Waals surface area (Å²) >= 11 is 6.01. The van der Waals surface area contributed by atoms with Gasteiger partial charge in [0, 0.05) is 32.7 Å². The summed E-state index contributed by atoms with van der Waals surface area (Å²) in [5, 5.41) is 3.20. The molecule has 19 heavy (non-hydrogen) atoms. The lowest BCUT2D eigenvalue weighted by Crippen LogP contribution is -2.27. The van der Waals surface area contributed by atoms with Crippen molar-refractivity contribution < 1.29 is 4.79 Å². The zero-order valence-corrected chi connectivity index (χ0v) is 11.4. The summed E-state index contributed by atoms with van der Waals surface area (Å²) in [5.41, 5.74) is 0.412. The molecule has 0 bridgehead atoms. The van der Waals surface area contributed by atoms with Crippen LogP contribution in [0.4, 0.5) is 5.82 Å². The van der Waals surface area contributed by atoms with Crippen LogP contribution >= 0.6 is 11.6 Å². The van der Waals surface area contributed by atoms with Gasteiger partial charge >= 0.3 is 0 Å². The van der Waals surface area contributed by atoms with E-state index in [-0.39, 0.29) is 5.91 Å². The van der Waals surface area contributed by atoms with Crippen molar-refractivity contribution in [2.75, 3.05) is 19.4 Å². The lowest BCUT2D eigenvalue weighted by atomic mass is 10.2. The molecule has 1 amide bonds. The fourth-order valence-electron chi connectivity index (χ4n) is 1.63. The van der Waals surface area contributed by atoms with E-state index in [1.165, 1.54) is 6.20 Å².